The Morgan fingerprint density at radius 1 is 1.29 bits per heavy atom. The molecular formula is C13H10BrNO2. The smallest absolute Gasteiger partial charge is 0.340 e. The van der Waals surface area contributed by atoms with Crippen molar-refractivity contribution >= 4 is 21.9 Å². The van der Waals surface area contributed by atoms with Crippen LogP contribution < -0.4 is 0 Å². The Kier molecular flexibility index (Phi) is 3.54. The molecule has 17 heavy (non-hydrogen) atoms. The molecule has 1 heterocycles. The van der Waals surface area contributed by atoms with Gasteiger partial charge in [-0.1, -0.05) is 28.1 Å². The summed E-state index contributed by atoms with van der Waals surface area (Å²) in [6.45, 7) is 0. The minimum Gasteiger partial charge on any atom is -0.465 e. The molecule has 0 N–H and O–H groups in total. The topological polar surface area (TPSA) is 39.2 Å². The van der Waals surface area contributed by atoms with Gasteiger partial charge in [0.25, 0.3) is 0 Å². The van der Waals surface area contributed by atoms with Crippen molar-refractivity contribution in [3.05, 3.63) is 52.6 Å². The summed E-state index contributed by atoms with van der Waals surface area (Å²) in [5.74, 6) is -0.381. The van der Waals surface area contributed by atoms with Gasteiger partial charge in [-0.3, -0.25) is 4.98 Å². The fourth-order valence-electron chi connectivity index (χ4n) is 1.55. The zero-order valence-electron chi connectivity index (χ0n) is 9.18. The fourth-order valence-corrected chi connectivity index (χ4v) is 1.95. The average Bonchev–Trinajstić information content (AvgIpc) is 2.38. The van der Waals surface area contributed by atoms with E-state index < -0.39 is 0 Å². The highest BCUT2D eigenvalue weighted by molar-refractivity contribution is 9.10. The molecule has 0 saturated heterocycles. The normalized spacial score (nSPS) is 10.0. The number of benzene rings is 1. The SMILES string of the molecule is COC(=O)c1cccnc1-c1cccc(Br)c1. The zero-order chi connectivity index (χ0) is 12.3. The lowest BCUT2D eigenvalue weighted by Gasteiger charge is -2.06. The molecule has 0 bridgehead atoms. The Morgan fingerprint density at radius 2 is 2.12 bits per heavy atom. The quantitative estimate of drug-likeness (QED) is 0.797. The molecule has 0 aliphatic rings. The van der Waals surface area contributed by atoms with Crippen LogP contribution in [-0.4, -0.2) is 18.1 Å². The Labute approximate surface area is 108 Å². The number of nitrogens with zero attached hydrogens (tertiary/aromatic N) is 1. The predicted molar refractivity (Wildman–Crippen MR) is 68.7 cm³/mol. The number of aromatic nitrogens is 1. The van der Waals surface area contributed by atoms with Crippen molar-refractivity contribution in [3.8, 4) is 11.3 Å². The van der Waals surface area contributed by atoms with Gasteiger partial charge in [0.15, 0.2) is 0 Å². The first kappa shape index (κ1) is 11.8. The highest BCUT2D eigenvalue weighted by atomic mass is 79.9. The monoisotopic (exact) mass is 291 g/mol. The number of hydrogen-bond donors (Lipinski definition) is 0. The fraction of sp³-hybridized carbons (Fsp3) is 0.0769. The number of rotatable bonds is 2. The van der Waals surface area contributed by atoms with Crippen LogP contribution in [-0.2, 0) is 4.74 Å². The minimum absolute atomic E-state index is 0.381. The third-order valence-electron chi connectivity index (χ3n) is 2.31. The lowest BCUT2D eigenvalue weighted by atomic mass is 10.1. The van der Waals surface area contributed by atoms with Crippen molar-refractivity contribution in [1.29, 1.82) is 0 Å². The maximum atomic E-state index is 11.6. The van der Waals surface area contributed by atoms with Gasteiger partial charge < -0.3 is 4.74 Å². The molecule has 0 radical (unpaired) electrons. The predicted octanol–water partition coefficient (Wildman–Crippen LogP) is 3.30. The number of carbonyl (C=O) groups is 1. The Balaban J connectivity index is 2.55. The second-order valence-corrected chi connectivity index (χ2v) is 4.32. The van der Waals surface area contributed by atoms with E-state index in [1.807, 2.05) is 24.3 Å². The summed E-state index contributed by atoms with van der Waals surface area (Å²) in [7, 11) is 1.36. The molecule has 86 valence electrons. The lowest BCUT2D eigenvalue weighted by molar-refractivity contribution is 0.0601. The third-order valence-corrected chi connectivity index (χ3v) is 2.80. The molecule has 0 saturated carbocycles. The van der Waals surface area contributed by atoms with Crippen LogP contribution in [0.25, 0.3) is 11.3 Å². The molecule has 0 fully saturated rings. The van der Waals surface area contributed by atoms with E-state index >= 15 is 0 Å². The third kappa shape index (κ3) is 2.53. The van der Waals surface area contributed by atoms with Crippen LogP contribution in [0, 0.1) is 0 Å². The molecule has 1 aromatic carbocycles. The largest absolute Gasteiger partial charge is 0.465 e. The van der Waals surface area contributed by atoms with Crippen molar-refractivity contribution in [2.75, 3.05) is 7.11 Å². The van der Waals surface area contributed by atoms with E-state index in [2.05, 4.69) is 20.9 Å². The van der Waals surface area contributed by atoms with Gasteiger partial charge >= 0.3 is 5.97 Å². The first-order valence-corrected chi connectivity index (χ1v) is 5.81. The van der Waals surface area contributed by atoms with Gasteiger partial charge in [0.2, 0.25) is 0 Å². The van der Waals surface area contributed by atoms with E-state index in [0.29, 0.717) is 11.3 Å². The molecule has 3 nitrogen and oxygen atoms in total. The number of hydrogen-bond acceptors (Lipinski definition) is 3. The highest BCUT2D eigenvalue weighted by Crippen LogP contribution is 2.24. The Hall–Kier alpha value is -1.68. The number of esters is 1. The summed E-state index contributed by atoms with van der Waals surface area (Å²) >= 11 is 3.39. The maximum Gasteiger partial charge on any atom is 0.340 e. The molecule has 0 aliphatic heterocycles. The van der Waals surface area contributed by atoms with Gasteiger partial charge in [0.1, 0.15) is 0 Å². The molecular weight excluding hydrogens is 282 g/mol. The summed E-state index contributed by atoms with van der Waals surface area (Å²) < 4.78 is 5.68. The van der Waals surface area contributed by atoms with E-state index in [4.69, 9.17) is 4.74 Å². The summed E-state index contributed by atoms with van der Waals surface area (Å²) in [4.78, 5) is 15.9. The molecule has 0 amide bonds. The van der Waals surface area contributed by atoms with E-state index in [1.54, 1.807) is 18.3 Å². The summed E-state index contributed by atoms with van der Waals surface area (Å²) in [5.41, 5.74) is 1.97. The zero-order valence-corrected chi connectivity index (χ0v) is 10.8. The molecule has 2 aromatic rings. The first-order chi connectivity index (χ1) is 8.22. The highest BCUT2D eigenvalue weighted by Gasteiger charge is 2.13. The number of methoxy groups -OCH3 is 1. The van der Waals surface area contributed by atoms with Crippen LogP contribution in [0.2, 0.25) is 0 Å². The molecule has 2 rings (SSSR count). The van der Waals surface area contributed by atoms with Gasteiger partial charge in [0.05, 0.1) is 18.4 Å². The van der Waals surface area contributed by atoms with Gasteiger partial charge in [-0.25, -0.2) is 4.79 Å². The maximum absolute atomic E-state index is 11.6. The first-order valence-electron chi connectivity index (χ1n) is 5.01. The van der Waals surface area contributed by atoms with Crippen LogP contribution in [0.4, 0.5) is 0 Å². The van der Waals surface area contributed by atoms with Gasteiger partial charge in [0, 0.05) is 16.2 Å². The Bertz CT molecular complexity index is 555. The summed E-state index contributed by atoms with van der Waals surface area (Å²) in [6.07, 6.45) is 1.66. The minimum atomic E-state index is -0.381. The number of carbonyl (C=O) groups excluding carboxylic acids is 1. The molecule has 4 heteroatoms. The van der Waals surface area contributed by atoms with Crippen LogP contribution in [0.5, 0.6) is 0 Å². The van der Waals surface area contributed by atoms with Gasteiger partial charge in [-0.05, 0) is 24.3 Å². The number of ether oxygens (including phenoxy) is 1. The van der Waals surface area contributed by atoms with Crippen LogP contribution >= 0.6 is 15.9 Å². The molecule has 0 aliphatic carbocycles. The van der Waals surface area contributed by atoms with Crippen molar-refractivity contribution < 1.29 is 9.53 Å². The second kappa shape index (κ2) is 5.10. The van der Waals surface area contributed by atoms with Gasteiger partial charge in [-0.15, -0.1) is 0 Å². The van der Waals surface area contributed by atoms with Crippen molar-refractivity contribution in [3.63, 3.8) is 0 Å². The van der Waals surface area contributed by atoms with Crippen molar-refractivity contribution in [2.45, 2.75) is 0 Å². The van der Waals surface area contributed by atoms with E-state index in [9.17, 15) is 4.79 Å². The number of halogens is 1. The van der Waals surface area contributed by atoms with Crippen LogP contribution in [0.15, 0.2) is 47.1 Å². The number of pyridine rings is 1. The molecule has 0 spiro atoms. The lowest BCUT2D eigenvalue weighted by Crippen LogP contribution is -2.04. The molecule has 0 unspecified atom stereocenters. The van der Waals surface area contributed by atoms with Gasteiger partial charge in [-0.2, -0.15) is 0 Å². The van der Waals surface area contributed by atoms with Crippen molar-refractivity contribution in [1.82, 2.24) is 4.98 Å². The van der Waals surface area contributed by atoms with Crippen LogP contribution in [0.3, 0.4) is 0 Å². The second-order valence-electron chi connectivity index (χ2n) is 3.40. The van der Waals surface area contributed by atoms with E-state index in [0.717, 1.165) is 10.0 Å². The standard InChI is InChI=1S/C13H10BrNO2/c1-17-13(16)11-6-3-7-15-12(11)9-4-2-5-10(14)8-9/h2-8H,1H3. The molecule has 1 aromatic heterocycles. The van der Waals surface area contributed by atoms with E-state index in [-0.39, 0.29) is 5.97 Å². The Morgan fingerprint density at radius 3 is 2.82 bits per heavy atom. The summed E-state index contributed by atoms with van der Waals surface area (Å²) in [6, 6.07) is 11.1. The van der Waals surface area contributed by atoms with Crippen molar-refractivity contribution in [2.24, 2.45) is 0 Å². The van der Waals surface area contributed by atoms with E-state index in [1.165, 1.54) is 7.11 Å². The molecule has 0 atom stereocenters. The average molecular weight is 292 g/mol. The summed E-state index contributed by atoms with van der Waals surface area (Å²) in [5, 5.41) is 0. The van der Waals surface area contributed by atoms with Crippen LogP contribution in [0.1, 0.15) is 10.4 Å².